The Hall–Kier alpha value is -3.90. The van der Waals surface area contributed by atoms with E-state index < -0.39 is 0 Å². The third-order valence-electron chi connectivity index (χ3n) is 10.3. The lowest BCUT2D eigenvalue weighted by atomic mass is 9.66. The summed E-state index contributed by atoms with van der Waals surface area (Å²) in [6, 6.07) is 22.2. The highest BCUT2D eigenvalue weighted by Crippen LogP contribution is 2.47. The van der Waals surface area contributed by atoms with E-state index in [2.05, 4.69) is 93.2 Å². The smallest absolute Gasteiger partial charge is 0.216 e. The van der Waals surface area contributed by atoms with Gasteiger partial charge in [0.05, 0.1) is 17.2 Å². The van der Waals surface area contributed by atoms with Crippen molar-refractivity contribution in [2.24, 2.45) is 18.9 Å². The van der Waals surface area contributed by atoms with Crippen LogP contribution >= 0.6 is 0 Å². The number of aryl methyl sites for hydroxylation is 4. The molecule has 3 aromatic carbocycles. The zero-order chi connectivity index (χ0) is 28.2. The minimum atomic E-state index is 0.655. The summed E-state index contributed by atoms with van der Waals surface area (Å²) in [6.07, 6.45) is 11.9. The highest BCUT2D eigenvalue weighted by Gasteiger charge is 2.32. The Labute approximate surface area is 243 Å². The van der Waals surface area contributed by atoms with E-state index in [9.17, 15) is 5.26 Å². The van der Waals surface area contributed by atoms with E-state index in [0.29, 0.717) is 11.5 Å². The fourth-order valence-corrected chi connectivity index (χ4v) is 7.93. The topological polar surface area (TPSA) is 40.8 Å². The maximum absolute atomic E-state index is 10.2. The summed E-state index contributed by atoms with van der Waals surface area (Å²) in [5.74, 6) is 2.53. The summed E-state index contributed by atoms with van der Waals surface area (Å²) in [5.41, 5.74) is 11.7. The summed E-state index contributed by atoms with van der Waals surface area (Å²) in [6.45, 7) is 6.46. The van der Waals surface area contributed by atoms with Gasteiger partial charge in [-0.25, -0.2) is 4.57 Å². The number of aromatic nitrogens is 1. The molecule has 5 aromatic rings. The Morgan fingerprint density at radius 1 is 0.756 bits per heavy atom. The number of fused-ring (bicyclic) bond motifs is 4. The van der Waals surface area contributed by atoms with Crippen LogP contribution in [-0.4, -0.2) is 0 Å². The van der Waals surface area contributed by atoms with E-state index in [4.69, 9.17) is 4.42 Å². The van der Waals surface area contributed by atoms with Crippen molar-refractivity contribution in [2.75, 3.05) is 0 Å². The molecule has 2 aliphatic carbocycles. The molecule has 2 aromatic heterocycles. The van der Waals surface area contributed by atoms with Gasteiger partial charge in [-0.15, -0.1) is 0 Å². The summed E-state index contributed by atoms with van der Waals surface area (Å²) in [4.78, 5) is 0. The predicted molar refractivity (Wildman–Crippen MR) is 167 cm³/mol. The van der Waals surface area contributed by atoms with E-state index in [1.165, 1.54) is 67.2 Å². The Morgan fingerprint density at radius 2 is 1.46 bits per heavy atom. The molecule has 3 unspecified atom stereocenters. The fraction of sp³-hybridized carbons (Fsp3) is 0.368. The zero-order valence-electron chi connectivity index (χ0n) is 24.8. The molecule has 2 saturated carbocycles. The van der Waals surface area contributed by atoms with Crippen molar-refractivity contribution in [1.82, 2.24) is 0 Å². The van der Waals surface area contributed by atoms with Crippen molar-refractivity contribution < 1.29 is 8.98 Å². The van der Waals surface area contributed by atoms with Crippen molar-refractivity contribution in [2.45, 2.75) is 71.6 Å². The minimum absolute atomic E-state index is 0.655. The van der Waals surface area contributed by atoms with Crippen LogP contribution in [0.1, 0.15) is 78.7 Å². The molecule has 0 saturated heterocycles. The van der Waals surface area contributed by atoms with Crippen LogP contribution in [-0.2, 0) is 7.05 Å². The molecule has 0 radical (unpaired) electrons. The highest BCUT2D eigenvalue weighted by atomic mass is 16.3. The summed E-state index contributed by atoms with van der Waals surface area (Å²) in [5, 5.41) is 12.3. The number of hydrogen-bond donors (Lipinski definition) is 0. The van der Waals surface area contributed by atoms with Crippen LogP contribution < -0.4 is 4.57 Å². The van der Waals surface area contributed by atoms with Gasteiger partial charge in [-0.2, -0.15) is 5.26 Å². The molecule has 7 rings (SSSR count). The summed E-state index contributed by atoms with van der Waals surface area (Å²) < 4.78 is 9.01. The molecule has 41 heavy (non-hydrogen) atoms. The number of hydrogen-bond acceptors (Lipinski definition) is 2. The highest BCUT2D eigenvalue weighted by molar-refractivity contribution is 6.14. The van der Waals surface area contributed by atoms with Gasteiger partial charge in [-0.05, 0) is 92.2 Å². The predicted octanol–water partition coefficient (Wildman–Crippen LogP) is 9.62. The molecular formula is C38H39N2O+. The van der Waals surface area contributed by atoms with Crippen LogP contribution in [0.25, 0.3) is 44.3 Å². The zero-order valence-corrected chi connectivity index (χ0v) is 24.8. The van der Waals surface area contributed by atoms with Gasteiger partial charge in [0, 0.05) is 28.0 Å². The van der Waals surface area contributed by atoms with Crippen LogP contribution in [0, 0.1) is 43.9 Å². The number of benzene rings is 3. The normalized spacial score (nSPS) is 20.7. The third-order valence-corrected chi connectivity index (χ3v) is 10.3. The molecule has 0 aliphatic heterocycles. The number of pyridine rings is 1. The summed E-state index contributed by atoms with van der Waals surface area (Å²) in [7, 11) is 2.10. The van der Waals surface area contributed by atoms with E-state index in [0.717, 1.165) is 56.2 Å². The average Bonchev–Trinajstić information content (AvgIpc) is 3.37. The van der Waals surface area contributed by atoms with Crippen molar-refractivity contribution in [3.63, 3.8) is 0 Å². The van der Waals surface area contributed by atoms with Crippen LogP contribution in [0.2, 0.25) is 0 Å². The number of nitriles is 1. The Bertz CT molecular complexity index is 1840. The maximum Gasteiger partial charge on any atom is 0.216 e. The number of furan rings is 1. The first kappa shape index (κ1) is 26.0. The van der Waals surface area contributed by atoms with Crippen LogP contribution in [0.5, 0.6) is 0 Å². The summed E-state index contributed by atoms with van der Waals surface area (Å²) >= 11 is 0. The first-order valence-electron chi connectivity index (χ1n) is 15.4. The Morgan fingerprint density at radius 3 is 2.22 bits per heavy atom. The molecule has 0 spiro atoms. The van der Waals surface area contributed by atoms with E-state index in [1.54, 1.807) is 0 Å². The fourth-order valence-electron chi connectivity index (χ4n) is 7.93. The molecule has 0 amide bonds. The van der Waals surface area contributed by atoms with Gasteiger partial charge in [0.1, 0.15) is 18.2 Å². The molecule has 206 valence electrons. The van der Waals surface area contributed by atoms with Gasteiger partial charge in [0.15, 0.2) is 6.20 Å². The van der Waals surface area contributed by atoms with Gasteiger partial charge >= 0.3 is 0 Å². The molecule has 3 nitrogen and oxygen atoms in total. The molecular weight excluding hydrogens is 500 g/mol. The molecule has 2 aliphatic rings. The van der Waals surface area contributed by atoms with Gasteiger partial charge in [0.25, 0.3) is 0 Å². The van der Waals surface area contributed by atoms with Gasteiger partial charge in [0.2, 0.25) is 5.69 Å². The molecule has 3 heteroatoms. The van der Waals surface area contributed by atoms with Crippen LogP contribution in [0.4, 0.5) is 0 Å². The second-order valence-electron chi connectivity index (χ2n) is 12.8. The van der Waals surface area contributed by atoms with Crippen LogP contribution in [0.3, 0.4) is 0 Å². The second kappa shape index (κ2) is 10.2. The molecule has 0 bridgehead atoms. The first-order chi connectivity index (χ1) is 19.9. The third kappa shape index (κ3) is 4.36. The monoisotopic (exact) mass is 539 g/mol. The number of nitrogens with zero attached hydrogens (tertiary/aromatic N) is 2. The van der Waals surface area contributed by atoms with Crippen molar-refractivity contribution in [3.8, 4) is 28.5 Å². The van der Waals surface area contributed by atoms with Crippen LogP contribution in [0.15, 0.2) is 65.2 Å². The Kier molecular flexibility index (Phi) is 6.46. The maximum atomic E-state index is 10.2. The van der Waals surface area contributed by atoms with E-state index >= 15 is 0 Å². The Balaban J connectivity index is 1.34. The van der Waals surface area contributed by atoms with E-state index in [1.807, 2.05) is 6.07 Å². The first-order valence-corrected chi connectivity index (χ1v) is 15.4. The minimum Gasteiger partial charge on any atom is -0.454 e. The molecule has 2 fully saturated rings. The lowest BCUT2D eigenvalue weighted by Gasteiger charge is -2.39. The average molecular weight is 540 g/mol. The molecule has 2 heterocycles. The van der Waals surface area contributed by atoms with E-state index in [-0.39, 0.29) is 0 Å². The van der Waals surface area contributed by atoms with Gasteiger partial charge < -0.3 is 4.42 Å². The SMILES string of the molecule is Cc1cc(-c2c(C)ccc3c2oc2c(-c4ccc(C5CCC6CCCCC6C5)cc4)c(C#N)ccc23)[n+](C)cc1C. The van der Waals surface area contributed by atoms with Gasteiger partial charge in [-0.1, -0.05) is 62.1 Å². The standard InChI is InChI=1S/C38H39N2O/c1-23-9-17-32-33-18-16-31(21-39)36(38(33)41-37(32)35(23)34-19-24(2)25(3)22-40(34)4)28-13-10-27(11-14-28)30-15-12-26-7-5-6-8-29(26)20-30/h9-11,13-14,16-19,22,26,29-30H,5-8,12,15,20H2,1-4H3/q+1. The quantitative estimate of drug-likeness (QED) is 0.214. The second-order valence-corrected chi connectivity index (χ2v) is 12.8. The van der Waals surface area contributed by atoms with Crippen molar-refractivity contribution >= 4 is 21.9 Å². The largest absolute Gasteiger partial charge is 0.454 e. The van der Waals surface area contributed by atoms with Crippen molar-refractivity contribution in [3.05, 3.63) is 88.6 Å². The lowest BCUT2D eigenvalue weighted by Crippen LogP contribution is -2.31. The molecule has 0 N–H and O–H groups in total. The van der Waals surface area contributed by atoms with Gasteiger partial charge in [-0.3, -0.25) is 0 Å². The number of rotatable bonds is 3. The van der Waals surface area contributed by atoms with Crippen molar-refractivity contribution in [1.29, 1.82) is 5.26 Å². The lowest BCUT2D eigenvalue weighted by molar-refractivity contribution is -0.660. The molecule has 3 atom stereocenters.